The minimum absolute atomic E-state index is 0.00307. The van der Waals surface area contributed by atoms with Gasteiger partial charge in [-0.15, -0.1) is 0 Å². The number of esters is 1. The molecule has 1 unspecified atom stereocenters. The lowest BCUT2D eigenvalue weighted by atomic mass is 9.89. The maximum atomic E-state index is 14.8. The van der Waals surface area contributed by atoms with Gasteiger partial charge in [0.05, 0.1) is 24.7 Å². The lowest BCUT2D eigenvalue weighted by molar-refractivity contribution is -0.175. The molecule has 0 aromatic heterocycles. The molecule has 0 spiro atoms. The number of ether oxygens (including phenoxy) is 1. The quantitative estimate of drug-likeness (QED) is 0.344. The highest BCUT2D eigenvalue weighted by molar-refractivity contribution is 7.94. The molecule has 8 heteroatoms. The Hall–Kier alpha value is -2.26. The molecule has 142 valence electrons. The second-order valence-electron chi connectivity index (χ2n) is 5.74. The number of hydrogen-bond acceptors (Lipinski definition) is 6. The third-order valence-corrected chi connectivity index (χ3v) is 4.78. The van der Waals surface area contributed by atoms with E-state index in [1.807, 2.05) is 0 Å². The molecule has 0 radical (unpaired) electrons. The number of aliphatic hydroxyl groups is 1. The minimum Gasteiger partial charge on any atom is -0.425 e. The van der Waals surface area contributed by atoms with E-state index in [0.29, 0.717) is 10.5 Å². The number of carbonyl (C=O) groups is 1. The highest BCUT2D eigenvalue weighted by Crippen LogP contribution is 2.45. The molecule has 0 bridgehead atoms. The third kappa shape index (κ3) is 3.74. The fraction of sp³-hybridized carbons (Fsp3) is 0.211. The molecule has 5 nitrogen and oxygen atoms in total. The molecule has 2 aromatic carbocycles. The highest BCUT2D eigenvalue weighted by atomic mass is 32.2. The minimum atomic E-state index is -1.99. The molecule has 0 saturated carbocycles. The van der Waals surface area contributed by atoms with Crippen LogP contribution in [0.25, 0.3) is 11.1 Å². The second kappa shape index (κ2) is 7.77. The summed E-state index contributed by atoms with van der Waals surface area (Å²) in [6.07, 6.45) is 0.0154. The first kappa shape index (κ1) is 19.5. The molecule has 1 N–H and O–H groups in total. The van der Waals surface area contributed by atoms with Crippen LogP contribution in [0.5, 0.6) is 0 Å². The number of halogens is 2. The third-order valence-electron chi connectivity index (χ3n) is 4.13. The van der Waals surface area contributed by atoms with Gasteiger partial charge in [0.1, 0.15) is 11.6 Å². The van der Waals surface area contributed by atoms with Crippen LogP contribution >= 0.6 is 12.0 Å². The summed E-state index contributed by atoms with van der Waals surface area (Å²) in [7, 11) is 1.32. The lowest BCUT2D eigenvalue weighted by Gasteiger charge is -2.24. The van der Waals surface area contributed by atoms with Crippen molar-refractivity contribution in [1.82, 2.24) is 0 Å². The first-order valence-corrected chi connectivity index (χ1v) is 8.77. The van der Waals surface area contributed by atoms with E-state index in [1.165, 1.54) is 43.5 Å². The summed E-state index contributed by atoms with van der Waals surface area (Å²) in [6.45, 7) is 1.61. The van der Waals surface area contributed by atoms with Crippen LogP contribution in [0, 0.1) is 11.6 Å². The standard InChI is InChI=1S/C19H16F2O5S/c1-3-19(23)17(14-9-8-13(10-15(14)21)27-26-24-2)16(18(22)25-19)11-4-6-12(20)7-5-11/h4-10,23H,3H2,1-2H3. The molecular weight excluding hydrogens is 378 g/mol. The van der Waals surface area contributed by atoms with E-state index in [1.54, 1.807) is 13.0 Å². The zero-order chi connectivity index (χ0) is 19.6. The van der Waals surface area contributed by atoms with E-state index in [-0.39, 0.29) is 23.1 Å². The maximum Gasteiger partial charge on any atom is 0.342 e. The summed E-state index contributed by atoms with van der Waals surface area (Å²) in [4.78, 5) is 17.3. The summed E-state index contributed by atoms with van der Waals surface area (Å²) in [6, 6.07) is 9.26. The van der Waals surface area contributed by atoms with E-state index in [4.69, 9.17) is 9.07 Å². The first-order valence-electron chi connectivity index (χ1n) is 8.03. The van der Waals surface area contributed by atoms with Gasteiger partial charge < -0.3 is 9.84 Å². The number of carbonyl (C=O) groups excluding carboxylic acids is 1. The van der Waals surface area contributed by atoms with Crippen molar-refractivity contribution in [3.05, 3.63) is 65.2 Å². The summed E-state index contributed by atoms with van der Waals surface area (Å²) in [5, 5.41) is 10.8. The SMILES string of the molecule is CCC1(O)OC(=O)C(c2ccc(F)cc2)=C1c1ccc(SOOC)cc1F. The van der Waals surface area contributed by atoms with Crippen molar-refractivity contribution in [3.8, 4) is 0 Å². The van der Waals surface area contributed by atoms with Gasteiger partial charge in [-0.25, -0.2) is 18.5 Å². The Balaban J connectivity index is 2.17. The molecule has 1 atom stereocenters. The van der Waals surface area contributed by atoms with E-state index < -0.39 is 23.4 Å². The van der Waals surface area contributed by atoms with Crippen LogP contribution in [0.3, 0.4) is 0 Å². The normalized spacial score (nSPS) is 19.5. The van der Waals surface area contributed by atoms with Gasteiger partial charge >= 0.3 is 5.97 Å². The fourth-order valence-corrected chi connectivity index (χ4v) is 3.27. The zero-order valence-corrected chi connectivity index (χ0v) is 15.3. The van der Waals surface area contributed by atoms with Crippen LogP contribution in [-0.2, 0) is 18.8 Å². The van der Waals surface area contributed by atoms with E-state index in [2.05, 4.69) is 4.89 Å². The van der Waals surface area contributed by atoms with Crippen molar-refractivity contribution in [2.24, 2.45) is 0 Å². The molecule has 0 saturated heterocycles. The molecule has 2 aromatic rings. The zero-order valence-electron chi connectivity index (χ0n) is 14.5. The van der Waals surface area contributed by atoms with Gasteiger partial charge in [-0.2, -0.15) is 4.33 Å². The second-order valence-corrected chi connectivity index (χ2v) is 6.52. The Kier molecular flexibility index (Phi) is 5.61. The van der Waals surface area contributed by atoms with Gasteiger partial charge in [0.15, 0.2) is 0 Å². The van der Waals surface area contributed by atoms with Crippen molar-refractivity contribution < 1.29 is 32.6 Å². The molecule has 0 aliphatic carbocycles. The van der Waals surface area contributed by atoms with Crippen molar-refractivity contribution in [1.29, 1.82) is 0 Å². The highest BCUT2D eigenvalue weighted by Gasteiger charge is 2.47. The van der Waals surface area contributed by atoms with Crippen LogP contribution in [-0.4, -0.2) is 24.0 Å². The molecule has 27 heavy (non-hydrogen) atoms. The predicted octanol–water partition coefficient (Wildman–Crippen LogP) is 4.12. The van der Waals surface area contributed by atoms with Crippen molar-refractivity contribution in [2.75, 3.05) is 7.11 Å². The van der Waals surface area contributed by atoms with Crippen molar-refractivity contribution >= 4 is 29.2 Å². The summed E-state index contributed by atoms with van der Waals surface area (Å²) >= 11 is 0.810. The Morgan fingerprint density at radius 3 is 2.48 bits per heavy atom. The summed E-state index contributed by atoms with van der Waals surface area (Å²) in [5.74, 6) is -3.95. The smallest absolute Gasteiger partial charge is 0.342 e. The average molecular weight is 394 g/mol. The molecule has 1 aliphatic rings. The summed E-state index contributed by atoms with van der Waals surface area (Å²) in [5.41, 5.74) is 0.322. The van der Waals surface area contributed by atoms with E-state index in [0.717, 1.165) is 12.0 Å². The van der Waals surface area contributed by atoms with Gasteiger partial charge in [-0.3, -0.25) is 0 Å². The van der Waals surface area contributed by atoms with E-state index in [9.17, 15) is 18.7 Å². The van der Waals surface area contributed by atoms with Gasteiger partial charge in [-0.1, -0.05) is 25.1 Å². The van der Waals surface area contributed by atoms with Crippen LogP contribution in [0.2, 0.25) is 0 Å². The van der Waals surface area contributed by atoms with Crippen molar-refractivity contribution in [3.63, 3.8) is 0 Å². The topological polar surface area (TPSA) is 65.0 Å². The molecule has 0 amide bonds. The average Bonchev–Trinajstić information content (AvgIpc) is 2.92. The number of hydrogen-bond donors (Lipinski definition) is 1. The van der Waals surface area contributed by atoms with Crippen LogP contribution in [0.4, 0.5) is 8.78 Å². The molecular formula is C19H16F2O5S. The Labute approximate surface area is 158 Å². The van der Waals surface area contributed by atoms with Crippen LogP contribution < -0.4 is 0 Å². The summed E-state index contributed by atoms with van der Waals surface area (Å²) < 4.78 is 37.9. The molecule has 1 heterocycles. The Morgan fingerprint density at radius 1 is 1.19 bits per heavy atom. The number of cyclic esters (lactones) is 1. The molecule has 1 aliphatic heterocycles. The number of rotatable bonds is 6. The van der Waals surface area contributed by atoms with Crippen LogP contribution in [0.15, 0.2) is 47.4 Å². The first-order chi connectivity index (χ1) is 12.9. The van der Waals surface area contributed by atoms with Gasteiger partial charge in [0.25, 0.3) is 0 Å². The van der Waals surface area contributed by atoms with Gasteiger partial charge in [0, 0.05) is 22.5 Å². The van der Waals surface area contributed by atoms with Gasteiger partial charge in [0.2, 0.25) is 5.79 Å². The monoisotopic (exact) mass is 394 g/mol. The number of benzene rings is 2. The largest absolute Gasteiger partial charge is 0.425 e. The fourth-order valence-electron chi connectivity index (χ4n) is 2.85. The maximum absolute atomic E-state index is 14.8. The van der Waals surface area contributed by atoms with Gasteiger partial charge in [-0.05, 0) is 29.8 Å². The van der Waals surface area contributed by atoms with E-state index >= 15 is 0 Å². The Morgan fingerprint density at radius 2 is 1.89 bits per heavy atom. The lowest BCUT2D eigenvalue weighted by Crippen LogP contribution is -2.30. The molecule has 0 fully saturated rings. The Bertz CT molecular complexity index is 897. The molecule has 3 rings (SSSR count). The van der Waals surface area contributed by atoms with Crippen LogP contribution in [0.1, 0.15) is 24.5 Å². The predicted molar refractivity (Wildman–Crippen MR) is 94.9 cm³/mol. The van der Waals surface area contributed by atoms with Crippen molar-refractivity contribution in [2.45, 2.75) is 24.0 Å².